The van der Waals surface area contributed by atoms with Crippen LogP contribution in [0.25, 0.3) is 0 Å². The van der Waals surface area contributed by atoms with Crippen LogP contribution in [-0.2, 0) is 14.3 Å². The first-order chi connectivity index (χ1) is 7.13. The molecular weight excluding hydrogens is 198 g/mol. The van der Waals surface area contributed by atoms with Crippen LogP contribution in [-0.4, -0.2) is 61.5 Å². The molecule has 1 fully saturated rings. The largest absolute Gasteiger partial charge is 0.467 e. The smallest absolute Gasteiger partial charge is 0.336 e. The molecule has 5 heteroatoms. The molecule has 0 aliphatic carbocycles. The second-order valence-corrected chi connectivity index (χ2v) is 3.82. The number of aliphatic hydroxyl groups is 1. The predicted octanol–water partition coefficient (Wildman–Crippen LogP) is -0.369. The van der Waals surface area contributed by atoms with Gasteiger partial charge in [0.25, 0.3) is 0 Å². The van der Waals surface area contributed by atoms with Crippen molar-refractivity contribution in [3.8, 4) is 0 Å². The minimum Gasteiger partial charge on any atom is -0.467 e. The molecule has 0 radical (unpaired) electrons. The van der Waals surface area contributed by atoms with Gasteiger partial charge in [-0.3, -0.25) is 4.90 Å². The topological polar surface area (TPSA) is 59.0 Å². The second kappa shape index (κ2) is 6.05. The first-order valence-electron chi connectivity index (χ1n) is 5.23. The molecule has 0 aromatic rings. The van der Waals surface area contributed by atoms with Gasteiger partial charge in [-0.25, -0.2) is 4.79 Å². The maximum atomic E-state index is 11.2. The van der Waals surface area contributed by atoms with Gasteiger partial charge < -0.3 is 14.6 Å². The summed E-state index contributed by atoms with van der Waals surface area (Å²) in [6, 6.07) is 0. The molecule has 15 heavy (non-hydrogen) atoms. The fourth-order valence-electron chi connectivity index (χ4n) is 1.55. The Morgan fingerprint density at radius 3 is 3.07 bits per heavy atom. The summed E-state index contributed by atoms with van der Waals surface area (Å²) in [4.78, 5) is 13.3. The molecule has 5 nitrogen and oxygen atoms in total. The van der Waals surface area contributed by atoms with Crippen LogP contribution >= 0.6 is 0 Å². The average Bonchev–Trinajstić information content (AvgIpc) is 2.25. The van der Waals surface area contributed by atoms with E-state index in [2.05, 4.69) is 9.64 Å². The Kier molecular flexibility index (Phi) is 5.01. The van der Waals surface area contributed by atoms with Crippen molar-refractivity contribution >= 4 is 5.97 Å². The van der Waals surface area contributed by atoms with Crippen LogP contribution in [0.3, 0.4) is 0 Å². The van der Waals surface area contributed by atoms with Crippen LogP contribution in [0.1, 0.15) is 13.3 Å². The molecule has 0 amide bonds. The van der Waals surface area contributed by atoms with E-state index in [1.54, 1.807) is 6.92 Å². The van der Waals surface area contributed by atoms with Crippen LogP contribution in [0.15, 0.2) is 0 Å². The average molecular weight is 217 g/mol. The summed E-state index contributed by atoms with van der Waals surface area (Å²) in [5.41, 5.74) is 0. The van der Waals surface area contributed by atoms with Crippen LogP contribution in [0, 0.1) is 0 Å². The number of methoxy groups -OCH3 is 1. The molecule has 1 rings (SSSR count). The van der Waals surface area contributed by atoms with Gasteiger partial charge in [0.2, 0.25) is 0 Å². The molecule has 1 heterocycles. The van der Waals surface area contributed by atoms with Crippen molar-refractivity contribution in [1.82, 2.24) is 4.90 Å². The van der Waals surface area contributed by atoms with Gasteiger partial charge >= 0.3 is 5.97 Å². The monoisotopic (exact) mass is 217 g/mol. The number of hydrogen-bond donors (Lipinski definition) is 1. The van der Waals surface area contributed by atoms with Gasteiger partial charge in [-0.2, -0.15) is 0 Å². The quantitative estimate of drug-likeness (QED) is 0.651. The van der Waals surface area contributed by atoms with E-state index in [4.69, 9.17) is 9.84 Å². The highest BCUT2D eigenvalue weighted by Crippen LogP contribution is 2.07. The number of nitrogens with zero attached hydrogens (tertiary/aromatic N) is 1. The van der Waals surface area contributed by atoms with Gasteiger partial charge in [0, 0.05) is 19.6 Å². The molecule has 1 saturated heterocycles. The summed E-state index contributed by atoms with van der Waals surface area (Å²) < 4.78 is 9.91. The van der Waals surface area contributed by atoms with E-state index < -0.39 is 6.10 Å². The number of aliphatic hydroxyl groups excluding tert-OH is 1. The Morgan fingerprint density at radius 2 is 2.47 bits per heavy atom. The van der Waals surface area contributed by atoms with Crippen LogP contribution in [0.2, 0.25) is 0 Å². The number of ether oxygens (including phenoxy) is 2. The highest BCUT2D eigenvalue weighted by atomic mass is 16.6. The molecule has 2 atom stereocenters. The van der Waals surface area contributed by atoms with Crippen molar-refractivity contribution in [2.75, 3.05) is 33.4 Å². The minimum absolute atomic E-state index is 0.301. The maximum absolute atomic E-state index is 11.2. The van der Waals surface area contributed by atoms with Gasteiger partial charge in [0.1, 0.15) is 0 Å². The summed E-state index contributed by atoms with van der Waals surface area (Å²) in [5.74, 6) is -0.322. The Morgan fingerprint density at radius 1 is 1.73 bits per heavy atom. The van der Waals surface area contributed by atoms with Crippen LogP contribution in [0.4, 0.5) is 0 Å². The van der Waals surface area contributed by atoms with Crippen molar-refractivity contribution in [2.24, 2.45) is 0 Å². The highest BCUT2D eigenvalue weighted by molar-refractivity contribution is 5.74. The minimum atomic E-state index is -0.474. The van der Waals surface area contributed by atoms with E-state index >= 15 is 0 Å². The Balaban J connectivity index is 2.32. The van der Waals surface area contributed by atoms with E-state index in [0.717, 1.165) is 13.1 Å². The summed E-state index contributed by atoms with van der Waals surface area (Å²) in [5, 5.41) is 9.15. The predicted molar refractivity (Wildman–Crippen MR) is 54.5 cm³/mol. The number of carbonyl (C=O) groups excluding carboxylic acids is 1. The van der Waals surface area contributed by atoms with Crippen molar-refractivity contribution in [3.05, 3.63) is 0 Å². The van der Waals surface area contributed by atoms with E-state index in [0.29, 0.717) is 19.6 Å². The molecule has 0 aromatic heterocycles. The Labute approximate surface area is 90.0 Å². The summed E-state index contributed by atoms with van der Waals surface area (Å²) in [6.45, 7) is 4.45. The molecule has 0 spiro atoms. The third kappa shape index (κ3) is 4.15. The van der Waals surface area contributed by atoms with E-state index in [-0.39, 0.29) is 12.1 Å². The van der Waals surface area contributed by atoms with Crippen molar-refractivity contribution < 1.29 is 19.4 Å². The molecule has 2 unspecified atom stereocenters. The third-order valence-electron chi connectivity index (χ3n) is 2.48. The molecule has 1 aliphatic rings. The standard InChI is InChI=1S/C10H19NO4/c1-8(12)3-4-11-5-6-15-9(7-11)10(13)14-2/h8-9,12H,3-7H2,1-2H3. The van der Waals surface area contributed by atoms with Crippen LogP contribution < -0.4 is 0 Å². The van der Waals surface area contributed by atoms with Gasteiger partial charge in [-0.1, -0.05) is 0 Å². The summed E-state index contributed by atoms with van der Waals surface area (Å²) >= 11 is 0. The fraction of sp³-hybridized carbons (Fsp3) is 0.900. The van der Waals surface area contributed by atoms with Gasteiger partial charge in [-0.15, -0.1) is 0 Å². The number of hydrogen-bond acceptors (Lipinski definition) is 5. The number of morpholine rings is 1. The lowest BCUT2D eigenvalue weighted by molar-refractivity contribution is -0.159. The molecule has 1 N–H and O–H groups in total. The van der Waals surface area contributed by atoms with Crippen molar-refractivity contribution in [1.29, 1.82) is 0 Å². The van der Waals surface area contributed by atoms with E-state index in [9.17, 15) is 4.79 Å². The zero-order chi connectivity index (χ0) is 11.3. The summed E-state index contributed by atoms with van der Waals surface area (Å²) in [7, 11) is 1.36. The lowest BCUT2D eigenvalue weighted by Crippen LogP contribution is -2.47. The van der Waals surface area contributed by atoms with E-state index in [1.807, 2.05) is 0 Å². The van der Waals surface area contributed by atoms with Crippen molar-refractivity contribution in [2.45, 2.75) is 25.6 Å². The number of carbonyl (C=O) groups is 1. The lowest BCUT2D eigenvalue weighted by atomic mass is 10.2. The number of esters is 1. The molecule has 0 saturated carbocycles. The van der Waals surface area contributed by atoms with Crippen molar-refractivity contribution in [3.63, 3.8) is 0 Å². The SMILES string of the molecule is COC(=O)C1CN(CCC(C)O)CCO1. The van der Waals surface area contributed by atoms with Gasteiger partial charge in [-0.05, 0) is 13.3 Å². The summed E-state index contributed by atoms with van der Waals surface area (Å²) in [6.07, 6.45) is -0.0596. The molecular formula is C10H19NO4. The Bertz CT molecular complexity index is 208. The second-order valence-electron chi connectivity index (χ2n) is 3.82. The molecule has 0 aromatic carbocycles. The molecule has 0 bridgehead atoms. The number of rotatable bonds is 4. The van der Waals surface area contributed by atoms with E-state index in [1.165, 1.54) is 7.11 Å². The zero-order valence-electron chi connectivity index (χ0n) is 9.31. The molecule has 88 valence electrons. The highest BCUT2D eigenvalue weighted by Gasteiger charge is 2.26. The zero-order valence-corrected chi connectivity index (χ0v) is 9.31. The maximum Gasteiger partial charge on any atom is 0.336 e. The fourth-order valence-corrected chi connectivity index (χ4v) is 1.55. The molecule has 1 aliphatic heterocycles. The first kappa shape index (κ1) is 12.4. The normalized spacial score (nSPS) is 24.9. The van der Waals surface area contributed by atoms with Gasteiger partial charge in [0.15, 0.2) is 6.10 Å². The third-order valence-corrected chi connectivity index (χ3v) is 2.48. The van der Waals surface area contributed by atoms with Crippen LogP contribution in [0.5, 0.6) is 0 Å². The lowest BCUT2D eigenvalue weighted by Gasteiger charge is -2.31. The Hall–Kier alpha value is -0.650. The van der Waals surface area contributed by atoms with Gasteiger partial charge in [0.05, 0.1) is 19.8 Å². The first-order valence-corrected chi connectivity index (χ1v) is 5.23.